The summed E-state index contributed by atoms with van der Waals surface area (Å²) in [7, 11) is 0. The smallest absolute Gasteiger partial charge is 0.123 e. The quantitative estimate of drug-likeness (QED) is 0.407. The molecular weight excluding hydrogens is 295 g/mol. The highest BCUT2D eigenvalue weighted by atomic mass is 19.1. The summed E-state index contributed by atoms with van der Waals surface area (Å²) in [6.07, 6.45) is 0. The molecule has 0 nitrogen and oxygen atoms in total. The minimum absolute atomic E-state index is 0.218. The SMILES string of the molecule is Fc1ccc([C](c2ccccc2)c2cccc3ccccc23)cc1. The van der Waals surface area contributed by atoms with Crippen molar-refractivity contribution in [3.8, 4) is 0 Å². The van der Waals surface area contributed by atoms with Crippen molar-refractivity contribution in [3.05, 3.63) is 125 Å². The number of hydrogen-bond donors (Lipinski definition) is 0. The van der Waals surface area contributed by atoms with Crippen LogP contribution in [-0.2, 0) is 0 Å². The molecule has 0 fully saturated rings. The first-order valence-electron chi connectivity index (χ1n) is 7.99. The van der Waals surface area contributed by atoms with Crippen molar-refractivity contribution in [2.45, 2.75) is 0 Å². The van der Waals surface area contributed by atoms with Crippen LogP contribution in [0.15, 0.2) is 97.1 Å². The summed E-state index contributed by atoms with van der Waals surface area (Å²) in [6, 6.07) is 31.7. The van der Waals surface area contributed by atoms with E-state index in [0.29, 0.717) is 0 Å². The Bertz CT molecular complexity index is 951. The van der Waals surface area contributed by atoms with Gasteiger partial charge in [-0.15, -0.1) is 0 Å². The van der Waals surface area contributed by atoms with E-state index in [0.717, 1.165) is 22.6 Å². The van der Waals surface area contributed by atoms with E-state index in [2.05, 4.69) is 48.5 Å². The molecule has 0 heterocycles. The molecule has 4 aromatic carbocycles. The van der Waals surface area contributed by atoms with E-state index in [-0.39, 0.29) is 5.82 Å². The first-order valence-corrected chi connectivity index (χ1v) is 7.99. The molecule has 0 saturated carbocycles. The molecule has 115 valence electrons. The molecule has 0 amide bonds. The lowest BCUT2D eigenvalue weighted by molar-refractivity contribution is 0.627. The molecule has 4 aromatic rings. The molecule has 0 aromatic heterocycles. The summed E-state index contributed by atoms with van der Waals surface area (Å²) in [5, 5.41) is 2.40. The molecule has 0 aliphatic carbocycles. The van der Waals surface area contributed by atoms with Crippen molar-refractivity contribution in [1.82, 2.24) is 0 Å². The molecule has 1 heteroatoms. The van der Waals surface area contributed by atoms with Crippen molar-refractivity contribution in [1.29, 1.82) is 0 Å². The summed E-state index contributed by atoms with van der Waals surface area (Å²) in [4.78, 5) is 0. The predicted octanol–water partition coefficient (Wildman–Crippen LogP) is 6.00. The predicted molar refractivity (Wildman–Crippen MR) is 97.3 cm³/mol. The minimum Gasteiger partial charge on any atom is -0.207 e. The van der Waals surface area contributed by atoms with E-state index in [9.17, 15) is 4.39 Å². The van der Waals surface area contributed by atoms with Gasteiger partial charge in [-0.05, 0) is 39.6 Å². The zero-order valence-corrected chi connectivity index (χ0v) is 13.1. The fourth-order valence-electron chi connectivity index (χ4n) is 3.14. The molecule has 24 heavy (non-hydrogen) atoms. The Labute approximate surface area is 141 Å². The monoisotopic (exact) mass is 311 g/mol. The normalized spacial score (nSPS) is 11.1. The van der Waals surface area contributed by atoms with Gasteiger partial charge >= 0.3 is 0 Å². The first-order chi connectivity index (χ1) is 11.8. The van der Waals surface area contributed by atoms with Crippen LogP contribution < -0.4 is 0 Å². The van der Waals surface area contributed by atoms with Crippen molar-refractivity contribution in [3.63, 3.8) is 0 Å². The van der Waals surface area contributed by atoms with Gasteiger partial charge in [-0.1, -0.05) is 84.9 Å². The summed E-state index contributed by atoms with van der Waals surface area (Å²) in [6.45, 7) is 0. The Morgan fingerprint density at radius 3 is 1.96 bits per heavy atom. The molecule has 0 atom stereocenters. The number of hydrogen-bond acceptors (Lipinski definition) is 0. The molecular formula is C23H16F. The topological polar surface area (TPSA) is 0 Å². The van der Waals surface area contributed by atoms with Gasteiger partial charge in [-0.3, -0.25) is 0 Å². The third kappa shape index (κ3) is 2.69. The average Bonchev–Trinajstić information content (AvgIpc) is 2.65. The number of halogens is 1. The first kappa shape index (κ1) is 14.6. The molecule has 4 rings (SSSR count). The number of benzene rings is 4. The summed E-state index contributed by atoms with van der Waals surface area (Å²) >= 11 is 0. The van der Waals surface area contributed by atoms with Gasteiger partial charge in [0.05, 0.1) is 5.92 Å². The van der Waals surface area contributed by atoms with E-state index < -0.39 is 0 Å². The highest BCUT2D eigenvalue weighted by molar-refractivity contribution is 5.89. The largest absolute Gasteiger partial charge is 0.207 e. The van der Waals surface area contributed by atoms with Crippen LogP contribution in [0.1, 0.15) is 16.7 Å². The van der Waals surface area contributed by atoms with Crippen LogP contribution in [0.5, 0.6) is 0 Å². The summed E-state index contributed by atoms with van der Waals surface area (Å²) < 4.78 is 13.4. The maximum atomic E-state index is 13.4. The van der Waals surface area contributed by atoms with Gasteiger partial charge in [-0.2, -0.15) is 0 Å². The van der Waals surface area contributed by atoms with Crippen molar-refractivity contribution >= 4 is 10.8 Å². The van der Waals surface area contributed by atoms with E-state index >= 15 is 0 Å². The molecule has 0 saturated heterocycles. The fraction of sp³-hybridized carbons (Fsp3) is 0. The Balaban J connectivity index is 1.97. The summed E-state index contributed by atoms with van der Waals surface area (Å²) in [5.41, 5.74) is 3.30. The fourth-order valence-corrected chi connectivity index (χ4v) is 3.14. The second-order valence-corrected chi connectivity index (χ2v) is 5.77. The van der Waals surface area contributed by atoms with E-state index in [4.69, 9.17) is 0 Å². The molecule has 0 bridgehead atoms. The second kappa shape index (κ2) is 6.29. The molecule has 1 radical (unpaired) electrons. The molecule has 0 aliphatic heterocycles. The van der Waals surface area contributed by atoms with Crippen molar-refractivity contribution < 1.29 is 4.39 Å². The highest BCUT2D eigenvalue weighted by Crippen LogP contribution is 2.35. The van der Waals surface area contributed by atoms with Gasteiger partial charge in [0.1, 0.15) is 5.82 Å². The number of fused-ring (bicyclic) bond motifs is 1. The Morgan fingerprint density at radius 1 is 0.542 bits per heavy atom. The van der Waals surface area contributed by atoms with Crippen molar-refractivity contribution in [2.24, 2.45) is 0 Å². The van der Waals surface area contributed by atoms with E-state index in [1.54, 1.807) is 0 Å². The van der Waals surface area contributed by atoms with Gasteiger partial charge in [0.15, 0.2) is 0 Å². The van der Waals surface area contributed by atoms with Gasteiger partial charge in [-0.25, -0.2) is 4.39 Å². The van der Waals surface area contributed by atoms with Gasteiger partial charge in [0, 0.05) is 0 Å². The number of rotatable bonds is 3. The van der Waals surface area contributed by atoms with Crippen LogP contribution in [0.3, 0.4) is 0 Å². The Kier molecular flexibility index (Phi) is 3.84. The van der Waals surface area contributed by atoms with Crippen LogP contribution in [0.4, 0.5) is 4.39 Å². The van der Waals surface area contributed by atoms with Crippen LogP contribution in [0.2, 0.25) is 0 Å². The van der Waals surface area contributed by atoms with Gasteiger partial charge in [0.2, 0.25) is 0 Å². The third-order valence-electron chi connectivity index (χ3n) is 4.25. The molecule has 0 unspecified atom stereocenters. The average molecular weight is 311 g/mol. The molecule has 0 N–H and O–H groups in total. The zero-order valence-electron chi connectivity index (χ0n) is 13.1. The maximum absolute atomic E-state index is 13.4. The van der Waals surface area contributed by atoms with Crippen LogP contribution >= 0.6 is 0 Å². The summed E-state index contributed by atoms with van der Waals surface area (Å²) in [5.74, 6) is 0.900. The molecule has 0 spiro atoms. The Hall–Kier alpha value is -2.93. The van der Waals surface area contributed by atoms with E-state index in [1.165, 1.54) is 22.9 Å². The van der Waals surface area contributed by atoms with Gasteiger partial charge in [0.25, 0.3) is 0 Å². The maximum Gasteiger partial charge on any atom is 0.123 e. The van der Waals surface area contributed by atoms with Crippen LogP contribution in [-0.4, -0.2) is 0 Å². The standard InChI is InChI=1S/C23H16F/c24-20-15-13-19(14-16-20)23(18-8-2-1-3-9-18)22-12-6-10-17-7-4-5-11-21(17)22/h1-16H. The zero-order chi connectivity index (χ0) is 16.4. The van der Waals surface area contributed by atoms with Crippen LogP contribution in [0.25, 0.3) is 10.8 Å². The van der Waals surface area contributed by atoms with Crippen molar-refractivity contribution in [2.75, 3.05) is 0 Å². The van der Waals surface area contributed by atoms with Crippen LogP contribution in [0, 0.1) is 11.7 Å². The lowest BCUT2D eigenvalue weighted by atomic mass is 9.83. The van der Waals surface area contributed by atoms with E-state index in [1.807, 2.05) is 36.4 Å². The second-order valence-electron chi connectivity index (χ2n) is 5.77. The Morgan fingerprint density at radius 2 is 1.17 bits per heavy atom. The lowest BCUT2D eigenvalue weighted by Crippen LogP contribution is -2.05. The lowest BCUT2D eigenvalue weighted by Gasteiger charge is -2.20. The molecule has 0 aliphatic rings. The highest BCUT2D eigenvalue weighted by Gasteiger charge is 2.19. The van der Waals surface area contributed by atoms with Gasteiger partial charge < -0.3 is 0 Å². The third-order valence-corrected chi connectivity index (χ3v) is 4.25. The minimum atomic E-state index is -0.218.